The van der Waals surface area contributed by atoms with Gasteiger partial charge in [-0.3, -0.25) is 0 Å². The number of fused-ring (bicyclic) bond motifs is 2. The fourth-order valence-corrected chi connectivity index (χ4v) is 6.79. The summed E-state index contributed by atoms with van der Waals surface area (Å²) >= 11 is 0. The van der Waals surface area contributed by atoms with Crippen molar-refractivity contribution >= 4 is 37.5 Å². The smallest absolute Gasteiger partial charge is 0.214 e. The van der Waals surface area contributed by atoms with Gasteiger partial charge in [0.25, 0.3) is 0 Å². The molecule has 0 saturated heterocycles. The van der Waals surface area contributed by atoms with E-state index in [4.69, 9.17) is 0 Å². The van der Waals surface area contributed by atoms with Crippen molar-refractivity contribution in [3.63, 3.8) is 0 Å². The average Bonchev–Trinajstić information content (AvgIpc) is 3.51. The number of benzene rings is 6. The van der Waals surface area contributed by atoms with Crippen LogP contribution in [0.15, 0.2) is 161 Å². The minimum Gasteiger partial charge on any atom is -0.303 e. The van der Waals surface area contributed by atoms with E-state index in [2.05, 4.69) is 46.7 Å². The highest BCUT2D eigenvalue weighted by Crippen LogP contribution is 2.30. The van der Waals surface area contributed by atoms with E-state index in [9.17, 15) is 8.42 Å². The summed E-state index contributed by atoms with van der Waals surface area (Å²) in [5, 5.41) is 4.44. The normalized spacial score (nSPS) is 11.8. The van der Waals surface area contributed by atoms with Crippen LogP contribution in [0.4, 0.5) is 0 Å². The van der Waals surface area contributed by atoms with E-state index in [0.29, 0.717) is 5.69 Å². The van der Waals surface area contributed by atoms with E-state index in [1.807, 2.05) is 116 Å². The molecule has 6 aromatic carbocycles. The van der Waals surface area contributed by atoms with Crippen molar-refractivity contribution in [3.8, 4) is 28.8 Å². The molecule has 216 valence electrons. The Bertz CT molecular complexity index is 2390. The van der Waals surface area contributed by atoms with E-state index in [1.165, 1.54) is 5.39 Å². The van der Waals surface area contributed by atoms with Crippen molar-refractivity contribution in [2.45, 2.75) is 11.8 Å². The van der Waals surface area contributed by atoms with Crippen LogP contribution in [0, 0.1) is 18.8 Å². The Morgan fingerprint density at radius 1 is 0.622 bits per heavy atom. The first kappa shape index (κ1) is 28.2. The number of nitrogens with zero attached hydrogens (tertiary/aromatic N) is 1. The topological polar surface area (TPSA) is 39.1 Å². The second-order valence-electron chi connectivity index (χ2n) is 11.0. The molecule has 3 nitrogen and oxygen atoms in total. The molecule has 0 bridgehead atoms. The molecule has 0 aliphatic rings. The largest absolute Gasteiger partial charge is 0.303 e. The molecule has 0 unspecified atom stereocenters. The molecule has 1 aromatic heterocycles. The third-order valence-electron chi connectivity index (χ3n) is 7.95. The van der Waals surface area contributed by atoms with Gasteiger partial charge in [0.15, 0.2) is 0 Å². The molecule has 0 amide bonds. The second kappa shape index (κ2) is 11.8. The van der Waals surface area contributed by atoms with Gasteiger partial charge in [-0.2, -0.15) is 0 Å². The van der Waals surface area contributed by atoms with Crippen molar-refractivity contribution in [3.05, 3.63) is 173 Å². The van der Waals surface area contributed by atoms with Crippen LogP contribution < -0.4 is 0 Å². The molecule has 0 N–H and O–H groups in total. The minimum absolute atomic E-state index is 0.0368. The third kappa shape index (κ3) is 5.70. The summed E-state index contributed by atoms with van der Waals surface area (Å²) in [5.74, 6) is 6.34. The molecule has 45 heavy (non-hydrogen) atoms. The van der Waals surface area contributed by atoms with Gasteiger partial charge in [0, 0.05) is 5.69 Å². The number of aromatic nitrogens is 1. The Morgan fingerprint density at radius 3 is 1.96 bits per heavy atom. The molecule has 1 heterocycles. The van der Waals surface area contributed by atoms with Crippen molar-refractivity contribution in [1.82, 2.24) is 4.57 Å². The number of hydrogen-bond acceptors (Lipinski definition) is 2. The van der Waals surface area contributed by atoms with Crippen molar-refractivity contribution < 1.29 is 8.42 Å². The van der Waals surface area contributed by atoms with Gasteiger partial charge in [0.05, 0.1) is 16.3 Å². The second-order valence-corrected chi connectivity index (χ2v) is 12.9. The maximum Gasteiger partial charge on any atom is 0.214 e. The molecular formula is C41H29NO2S. The van der Waals surface area contributed by atoms with Crippen LogP contribution in [-0.2, 0) is 9.84 Å². The van der Waals surface area contributed by atoms with Gasteiger partial charge in [0.1, 0.15) is 4.91 Å². The van der Waals surface area contributed by atoms with E-state index in [0.717, 1.165) is 44.2 Å². The molecule has 7 aromatic rings. The lowest BCUT2D eigenvalue weighted by Crippen LogP contribution is -2.04. The maximum atomic E-state index is 14.1. The van der Waals surface area contributed by atoms with Crippen molar-refractivity contribution in [1.29, 1.82) is 0 Å². The van der Waals surface area contributed by atoms with Crippen LogP contribution in [0.1, 0.15) is 16.8 Å². The molecule has 0 spiro atoms. The van der Waals surface area contributed by atoms with Crippen molar-refractivity contribution in [2.24, 2.45) is 0 Å². The molecule has 7 rings (SSSR count). The molecule has 4 heteroatoms. The molecule has 0 atom stereocenters. The first-order chi connectivity index (χ1) is 22.0. The monoisotopic (exact) mass is 599 g/mol. The maximum absolute atomic E-state index is 14.1. The summed E-state index contributed by atoms with van der Waals surface area (Å²) in [5.41, 5.74) is 5.40. The SMILES string of the molecule is Cc1ccc(S(=O)(=O)/C(C#Cc2ccc(-c3ccc4ccccc4c3)n2-c2ccccc2)=C/c2ccc3ccccc3c2)cc1. The first-order valence-electron chi connectivity index (χ1n) is 14.8. The summed E-state index contributed by atoms with van der Waals surface area (Å²) in [6.07, 6.45) is 1.68. The van der Waals surface area contributed by atoms with Gasteiger partial charge in [-0.15, -0.1) is 0 Å². The third-order valence-corrected chi connectivity index (χ3v) is 9.64. The predicted molar refractivity (Wildman–Crippen MR) is 186 cm³/mol. The highest BCUT2D eigenvalue weighted by molar-refractivity contribution is 7.95. The lowest BCUT2D eigenvalue weighted by atomic mass is 10.1. The quantitative estimate of drug-likeness (QED) is 0.185. The van der Waals surface area contributed by atoms with Crippen molar-refractivity contribution in [2.75, 3.05) is 0 Å². The molecule has 0 saturated carbocycles. The number of sulfone groups is 1. The molecule has 0 aliphatic carbocycles. The molecule has 0 fully saturated rings. The fourth-order valence-electron chi connectivity index (χ4n) is 5.56. The van der Waals surface area contributed by atoms with Crippen LogP contribution in [0.5, 0.6) is 0 Å². The number of aryl methyl sites for hydroxylation is 1. The zero-order valence-electron chi connectivity index (χ0n) is 24.7. The number of allylic oxidation sites excluding steroid dienone is 1. The fraction of sp³-hybridized carbons (Fsp3) is 0.0244. The van der Waals surface area contributed by atoms with Gasteiger partial charge < -0.3 is 4.57 Å². The Hall–Kier alpha value is -5.63. The zero-order chi connectivity index (χ0) is 30.8. The highest BCUT2D eigenvalue weighted by atomic mass is 32.2. The Balaban J connectivity index is 1.40. The van der Waals surface area contributed by atoms with Gasteiger partial charge in [-0.1, -0.05) is 109 Å². The van der Waals surface area contributed by atoms with E-state index < -0.39 is 9.84 Å². The number of hydrogen-bond donors (Lipinski definition) is 0. The molecule has 0 aliphatic heterocycles. The van der Waals surface area contributed by atoms with Crippen LogP contribution in [0.25, 0.3) is 44.6 Å². The Morgan fingerprint density at radius 2 is 1.24 bits per heavy atom. The summed E-state index contributed by atoms with van der Waals surface area (Å²) in [4.78, 5) is 0.249. The van der Waals surface area contributed by atoms with Gasteiger partial charge in [-0.05, 0) is 106 Å². The molecular weight excluding hydrogens is 571 g/mol. The van der Waals surface area contributed by atoms with Crippen LogP contribution in [0.3, 0.4) is 0 Å². The Labute approximate surface area is 263 Å². The number of para-hydroxylation sites is 1. The van der Waals surface area contributed by atoms with E-state index in [1.54, 1.807) is 18.2 Å². The predicted octanol–water partition coefficient (Wildman–Crippen LogP) is 9.63. The minimum atomic E-state index is -3.91. The van der Waals surface area contributed by atoms with Crippen LogP contribution in [0.2, 0.25) is 0 Å². The summed E-state index contributed by atoms with van der Waals surface area (Å²) in [7, 11) is -3.91. The van der Waals surface area contributed by atoms with E-state index >= 15 is 0 Å². The summed E-state index contributed by atoms with van der Waals surface area (Å²) in [6.45, 7) is 1.94. The summed E-state index contributed by atoms with van der Waals surface area (Å²) < 4.78 is 30.2. The van der Waals surface area contributed by atoms with E-state index in [-0.39, 0.29) is 9.80 Å². The standard InChI is InChI=1S/C41H29NO2S/c1-30-15-23-39(24-16-30)45(43,44)40(28-31-17-18-32-9-5-7-11-34(32)27-31)25-21-38-22-26-41(42(38)37-13-3-2-4-14-37)36-20-19-33-10-6-8-12-35(33)29-36/h2-20,22-24,26-29H,1H3/b40-28+. The van der Waals surface area contributed by atoms with Gasteiger partial charge in [-0.25, -0.2) is 8.42 Å². The zero-order valence-corrected chi connectivity index (χ0v) is 25.5. The summed E-state index contributed by atoms with van der Waals surface area (Å²) in [6, 6.07) is 49.6. The highest BCUT2D eigenvalue weighted by Gasteiger charge is 2.20. The Kier molecular flexibility index (Phi) is 7.39. The number of rotatable bonds is 5. The van der Waals surface area contributed by atoms with Gasteiger partial charge in [0.2, 0.25) is 9.84 Å². The van der Waals surface area contributed by atoms with Gasteiger partial charge >= 0.3 is 0 Å². The first-order valence-corrected chi connectivity index (χ1v) is 16.2. The lowest BCUT2D eigenvalue weighted by Gasteiger charge is -2.12. The van der Waals surface area contributed by atoms with Crippen LogP contribution >= 0.6 is 0 Å². The average molecular weight is 600 g/mol. The van der Waals surface area contributed by atoms with Crippen LogP contribution in [-0.4, -0.2) is 13.0 Å². The molecule has 0 radical (unpaired) electrons. The lowest BCUT2D eigenvalue weighted by molar-refractivity contribution is 0.603.